The second-order valence-corrected chi connectivity index (χ2v) is 7.56. The topological polar surface area (TPSA) is 50.4 Å². The maximum atomic E-state index is 12.0. The van der Waals surface area contributed by atoms with Crippen LogP contribution in [0.25, 0.3) is 0 Å². The van der Waals surface area contributed by atoms with Crippen molar-refractivity contribution in [1.82, 2.24) is 5.32 Å². The van der Waals surface area contributed by atoms with E-state index in [-0.39, 0.29) is 6.61 Å². The molecule has 2 rings (SSSR count). The molecule has 1 atom stereocenters. The Hall–Kier alpha value is -1.62. The van der Waals surface area contributed by atoms with Gasteiger partial charge in [0.15, 0.2) is 0 Å². The molecule has 0 saturated carbocycles. The highest BCUT2D eigenvalue weighted by Crippen LogP contribution is 2.31. The van der Waals surface area contributed by atoms with Crippen molar-refractivity contribution in [2.24, 2.45) is 0 Å². The average molecular weight is 388 g/mol. The van der Waals surface area contributed by atoms with E-state index in [1.54, 1.807) is 0 Å². The van der Waals surface area contributed by atoms with E-state index < -0.39 is 16.1 Å². The molecule has 0 fully saturated rings. The molecule has 0 radical (unpaired) electrons. The molecule has 1 amide bonds. The number of anilines is 1. The van der Waals surface area contributed by atoms with Crippen LogP contribution in [0.3, 0.4) is 0 Å². The number of amides is 1. The van der Waals surface area contributed by atoms with Crippen LogP contribution < -0.4 is 10.6 Å². The van der Waals surface area contributed by atoms with E-state index >= 15 is 0 Å². The fourth-order valence-corrected chi connectivity index (χ4v) is 2.23. The molecule has 0 aromatic heterocycles. The van der Waals surface area contributed by atoms with Crippen molar-refractivity contribution in [2.75, 3.05) is 5.32 Å². The van der Waals surface area contributed by atoms with Crippen LogP contribution in [-0.4, -0.2) is 16.1 Å². The lowest BCUT2D eigenvalue weighted by molar-refractivity contribution is 0.137. The number of benzene rings is 2. The van der Waals surface area contributed by atoms with E-state index in [1.165, 1.54) is 0 Å². The quantitative estimate of drug-likeness (QED) is 0.559. The zero-order chi connectivity index (χ0) is 17.6. The third-order valence-electron chi connectivity index (χ3n) is 3.16. The smallest absolute Gasteiger partial charge is 0.409 e. The summed E-state index contributed by atoms with van der Waals surface area (Å²) in [5.41, 5.74) is 2.67. The minimum Gasteiger partial charge on any atom is -0.445 e. The summed E-state index contributed by atoms with van der Waals surface area (Å²) in [7, 11) is 0. The summed E-state index contributed by atoms with van der Waals surface area (Å²) in [6, 6.07) is 16.8. The molecule has 0 aliphatic heterocycles. The molecule has 0 aliphatic carbocycles. The lowest BCUT2D eigenvalue weighted by atomic mass is 10.2. The van der Waals surface area contributed by atoms with Gasteiger partial charge in [0, 0.05) is 5.69 Å². The zero-order valence-electron chi connectivity index (χ0n) is 12.9. The first-order valence-corrected chi connectivity index (χ1v) is 8.35. The first kappa shape index (κ1) is 18.7. The van der Waals surface area contributed by atoms with Crippen molar-refractivity contribution < 1.29 is 9.53 Å². The molecule has 0 spiro atoms. The normalized spacial score (nSPS) is 12.3. The molecule has 4 nitrogen and oxygen atoms in total. The molecule has 0 unspecified atom stereocenters. The number of alkyl halides is 3. The van der Waals surface area contributed by atoms with Crippen LogP contribution in [-0.2, 0) is 11.3 Å². The van der Waals surface area contributed by atoms with Gasteiger partial charge >= 0.3 is 6.09 Å². The minimum atomic E-state index is -1.75. The van der Waals surface area contributed by atoms with Crippen molar-refractivity contribution >= 4 is 46.6 Å². The van der Waals surface area contributed by atoms with Gasteiger partial charge in [0.25, 0.3) is 0 Å². The SMILES string of the molecule is Cc1ccc(N[C@H](NC(=O)OCc2ccccc2)C(Cl)(Cl)Cl)cc1. The summed E-state index contributed by atoms with van der Waals surface area (Å²) in [5, 5.41) is 5.49. The number of nitrogens with one attached hydrogen (secondary N) is 2. The van der Waals surface area contributed by atoms with E-state index in [2.05, 4.69) is 10.6 Å². The highest BCUT2D eigenvalue weighted by molar-refractivity contribution is 6.68. The Morgan fingerprint density at radius 3 is 2.29 bits per heavy atom. The first-order chi connectivity index (χ1) is 11.3. The van der Waals surface area contributed by atoms with Crippen molar-refractivity contribution in [3.05, 3.63) is 65.7 Å². The lowest BCUT2D eigenvalue weighted by Crippen LogP contribution is -2.49. The number of carbonyl (C=O) groups is 1. The van der Waals surface area contributed by atoms with E-state index in [0.29, 0.717) is 5.69 Å². The Kier molecular flexibility index (Phi) is 6.60. The number of hydrogen-bond donors (Lipinski definition) is 2. The van der Waals surface area contributed by atoms with Crippen LogP contribution in [0.5, 0.6) is 0 Å². The molecule has 0 heterocycles. The summed E-state index contributed by atoms with van der Waals surface area (Å²) in [5.74, 6) is 0. The van der Waals surface area contributed by atoms with E-state index in [1.807, 2.05) is 61.5 Å². The second kappa shape index (κ2) is 8.47. The zero-order valence-corrected chi connectivity index (χ0v) is 15.2. The van der Waals surface area contributed by atoms with Gasteiger partial charge in [-0.2, -0.15) is 0 Å². The van der Waals surface area contributed by atoms with E-state index in [0.717, 1.165) is 11.1 Å². The molecule has 2 aromatic rings. The number of ether oxygens (including phenoxy) is 1. The van der Waals surface area contributed by atoms with Gasteiger partial charge < -0.3 is 10.1 Å². The van der Waals surface area contributed by atoms with Gasteiger partial charge in [0.2, 0.25) is 3.79 Å². The number of alkyl carbamates (subject to hydrolysis) is 1. The largest absolute Gasteiger partial charge is 0.445 e. The number of carbonyl (C=O) groups excluding carboxylic acids is 1. The molecule has 128 valence electrons. The summed E-state index contributed by atoms with van der Waals surface area (Å²) in [6.45, 7) is 2.10. The summed E-state index contributed by atoms with van der Waals surface area (Å²) in [6.07, 6.45) is -1.64. The predicted molar refractivity (Wildman–Crippen MR) is 98.6 cm³/mol. The van der Waals surface area contributed by atoms with Crippen molar-refractivity contribution in [2.45, 2.75) is 23.5 Å². The standard InChI is InChI=1S/C17H17Cl3N2O2/c1-12-7-9-14(10-8-12)21-15(17(18,19)20)22-16(23)24-11-13-5-3-2-4-6-13/h2-10,15,21H,11H2,1H3,(H,22,23)/t15-/m1/s1. The van der Waals surface area contributed by atoms with Gasteiger partial charge in [-0.1, -0.05) is 82.8 Å². The lowest BCUT2D eigenvalue weighted by Gasteiger charge is -2.27. The van der Waals surface area contributed by atoms with Gasteiger partial charge in [0.1, 0.15) is 12.8 Å². The molecule has 2 N–H and O–H groups in total. The monoisotopic (exact) mass is 386 g/mol. The summed E-state index contributed by atoms with van der Waals surface area (Å²) >= 11 is 17.8. The van der Waals surface area contributed by atoms with Gasteiger partial charge in [-0.05, 0) is 24.6 Å². The molecular formula is C17H17Cl3N2O2. The van der Waals surface area contributed by atoms with Gasteiger partial charge in [0.05, 0.1) is 0 Å². The number of aryl methyl sites for hydroxylation is 1. The maximum absolute atomic E-state index is 12.0. The van der Waals surface area contributed by atoms with Gasteiger partial charge in [-0.15, -0.1) is 0 Å². The Balaban J connectivity index is 1.95. The molecule has 0 bridgehead atoms. The number of halogens is 3. The fraction of sp³-hybridized carbons (Fsp3) is 0.235. The first-order valence-electron chi connectivity index (χ1n) is 7.22. The van der Waals surface area contributed by atoms with Crippen LogP contribution >= 0.6 is 34.8 Å². The van der Waals surface area contributed by atoms with Crippen molar-refractivity contribution in [3.63, 3.8) is 0 Å². The summed E-state index contributed by atoms with van der Waals surface area (Å²) in [4.78, 5) is 12.0. The molecule has 2 aromatic carbocycles. The third-order valence-corrected chi connectivity index (χ3v) is 3.82. The fourth-order valence-electron chi connectivity index (χ4n) is 1.90. The highest BCUT2D eigenvalue weighted by Gasteiger charge is 2.34. The van der Waals surface area contributed by atoms with Crippen molar-refractivity contribution in [3.8, 4) is 0 Å². The average Bonchev–Trinajstić information content (AvgIpc) is 2.54. The Morgan fingerprint density at radius 1 is 1.08 bits per heavy atom. The van der Waals surface area contributed by atoms with Gasteiger partial charge in [-0.25, -0.2) is 4.79 Å². The van der Waals surface area contributed by atoms with Crippen LogP contribution in [0.15, 0.2) is 54.6 Å². The van der Waals surface area contributed by atoms with E-state index in [4.69, 9.17) is 39.5 Å². The summed E-state index contributed by atoms with van der Waals surface area (Å²) < 4.78 is 3.39. The molecular weight excluding hydrogens is 371 g/mol. The van der Waals surface area contributed by atoms with Crippen LogP contribution in [0, 0.1) is 6.92 Å². The van der Waals surface area contributed by atoms with Crippen LogP contribution in [0.2, 0.25) is 0 Å². The second-order valence-electron chi connectivity index (χ2n) is 5.19. The van der Waals surface area contributed by atoms with Crippen LogP contribution in [0.4, 0.5) is 10.5 Å². The minimum absolute atomic E-state index is 0.129. The molecule has 7 heteroatoms. The number of hydrogen-bond acceptors (Lipinski definition) is 3. The van der Waals surface area contributed by atoms with Gasteiger partial charge in [-0.3, -0.25) is 5.32 Å². The third kappa shape index (κ3) is 6.11. The molecule has 0 saturated heterocycles. The molecule has 24 heavy (non-hydrogen) atoms. The maximum Gasteiger partial charge on any atom is 0.409 e. The number of rotatable bonds is 5. The van der Waals surface area contributed by atoms with Crippen LogP contribution in [0.1, 0.15) is 11.1 Å². The molecule has 0 aliphatic rings. The van der Waals surface area contributed by atoms with Crippen molar-refractivity contribution in [1.29, 1.82) is 0 Å². The predicted octanol–water partition coefficient (Wildman–Crippen LogP) is 5.03. The highest BCUT2D eigenvalue weighted by atomic mass is 35.6. The Morgan fingerprint density at radius 2 is 1.71 bits per heavy atom. The Labute approximate surface area is 156 Å². The van der Waals surface area contributed by atoms with E-state index in [9.17, 15) is 4.79 Å². The Bertz CT molecular complexity index is 658.